The van der Waals surface area contributed by atoms with Crippen LogP contribution in [0.5, 0.6) is 0 Å². The Morgan fingerprint density at radius 1 is 1.78 bits per heavy atom. The lowest BCUT2D eigenvalue weighted by molar-refractivity contribution is 0.160. The molecule has 4 heteroatoms. The number of β-amino-alcohol motifs (C(OH)–C–C–N with tert-alkyl or cyclic N) is 1. The van der Waals surface area contributed by atoms with Gasteiger partial charge in [-0.2, -0.15) is 0 Å². The normalized spacial score (nSPS) is 26.9. The maximum Gasteiger partial charge on any atom is 0.400 e. The summed E-state index contributed by atoms with van der Waals surface area (Å²) >= 11 is 0. The topological polar surface area (TPSA) is 40.5 Å². The Hall–Kier alpha value is -0.640. The van der Waals surface area contributed by atoms with Gasteiger partial charge in [0.1, 0.15) is 0 Å². The first-order valence-corrected chi connectivity index (χ1v) is 2.82. The average Bonchev–Trinajstić information content (AvgIpc) is 2.14. The van der Waals surface area contributed by atoms with Crippen molar-refractivity contribution in [2.24, 2.45) is 0 Å². The zero-order chi connectivity index (χ0) is 6.85. The van der Waals surface area contributed by atoms with Gasteiger partial charge in [0.25, 0.3) is 0 Å². The standard InChI is InChI=1S/C5H8FNO2/c6-5(9)7-2-1-4(8)3-7/h4,8H,1-3H2/t4-/m1/s1. The van der Waals surface area contributed by atoms with Crippen molar-refractivity contribution in [3.05, 3.63) is 0 Å². The fourth-order valence-electron chi connectivity index (χ4n) is 0.902. The van der Waals surface area contributed by atoms with Crippen molar-refractivity contribution in [2.75, 3.05) is 13.1 Å². The first-order valence-electron chi connectivity index (χ1n) is 2.82. The molecular weight excluding hydrogens is 125 g/mol. The highest BCUT2D eigenvalue weighted by Crippen LogP contribution is 2.09. The van der Waals surface area contributed by atoms with Gasteiger partial charge in [-0.3, -0.25) is 0 Å². The van der Waals surface area contributed by atoms with Crippen molar-refractivity contribution in [1.82, 2.24) is 4.90 Å². The molecule has 9 heavy (non-hydrogen) atoms. The third-order valence-electron chi connectivity index (χ3n) is 1.41. The van der Waals surface area contributed by atoms with Crippen LogP contribution in [0.2, 0.25) is 0 Å². The molecule has 3 nitrogen and oxygen atoms in total. The lowest BCUT2D eigenvalue weighted by atomic mass is 10.3. The molecule has 0 bridgehead atoms. The summed E-state index contributed by atoms with van der Waals surface area (Å²) in [5.41, 5.74) is 0. The maximum absolute atomic E-state index is 11.8. The van der Waals surface area contributed by atoms with Gasteiger partial charge in [0.15, 0.2) is 0 Å². The molecule has 1 N–H and O–H groups in total. The molecule has 0 aromatic heterocycles. The summed E-state index contributed by atoms with van der Waals surface area (Å²) in [6.45, 7) is 0.492. The van der Waals surface area contributed by atoms with E-state index >= 15 is 0 Å². The second kappa shape index (κ2) is 2.31. The molecule has 0 unspecified atom stereocenters. The highest BCUT2D eigenvalue weighted by Gasteiger charge is 2.23. The molecule has 0 aliphatic carbocycles. The number of carbonyl (C=O) groups excluding carboxylic acids is 1. The first-order chi connectivity index (χ1) is 4.20. The summed E-state index contributed by atoms with van der Waals surface area (Å²) in [4.78, 5) is 10.9. The molecule has 0 aromatic rings. The molecule has 1 heterocycles. The molecule has 0 aromatic carbocycles. The van der Waals surface area contributed by atoms with Crippen molar-refractivity contribution in [3.8, 4) is 0 Å². The van der Waals surface area contributed by atoms with Crippen LogP contribution in [-0.4, -0.2) is 35.4 Å². The van der Waals surface area contributed by atoms with Crippen molar-refractivity contribution < 1.29 is 14.3 Å². The minimum absolute atomic E-state index is 0.148. The van der Waals surface area contributed by atoms with E-state index in [4.69, 9.17) is 5.11 Å². The molecule has 0 spiro atoms. The quantitative estimate of drug-likeness (QED) is 0.377. The number of aliphatic hydroxyl groups excluding tert-OH is 1. The molecule has 52 valence electrons. The van der Waals surface area contributed by atoms with Crippen LogP contribution >= 0.6 is 0 Å². The van der Waals surface area contributed by atoms with Crippen LogP contribution in [0, 0.1) is 0 Å². The molecule has 1 atom stereocenters. The van der Waals surface area contributed by atoms with Gasteiger partial charge < -0.3 is 10.0 Å². The summed E-state index contributed by atoms with van der Waals surface area (Å²) in [5, 5.41) is 8.79. The zero-order valence-electron chi connectivity index (χ0n) is 4.88. The predicted molar refractivity (Wildman–Crippen MR) is 28.7 cm³/mol. The second-order valence-corrected chi connectivity index (χ2v) is 2.14. The van der Waals surface area contributed by atoms with E-state index in [1.807, 2.05) is 0 Å². The predicted octanol–water partition coefficient (Wildman–Crippen LogP) is 0.143. The minimum atomic E-state index is -1.44. The SMILES string of the molecule is O=C(F)N1CC[C@@H](O)C1. The summed E-state index contributed by atoms with van der Waals surface area (Å²) < 4.78 is 11.8. The molecule has 1 aliphatic heterocycles. The molecule has 1 aliphatic rings. The van der Waals surface area contributed by atoms with Gasteiger partial charge in [-0.15, -0.1) is 4.39 Å². The molecule has 1 rings (SSSR count). The number of halogens is 1. The number of hydrogen-bond acceptors (Lipinski definition) is 2. The van der Waals surface area contributed by atoms with E-state index in [2.05, 4.69) is 0 Å². The third-order valence-corrected chi connectivity index (χ3v) is 1.41. The Morgan fingerprint density at radius 2 is 2.44 bits per heavy atom. The second-order valence-electron chi connectivity index (χ2n) is 2.14. The Labute approximate surface area is 52.1 Å². The van der Waals surface area contributed by atoms with Crippen LogP contribution in [0.25, 0.3) is 0 Å². The number of amides is 1. The first kappa shape index (κ1) is 6.48. The highest BCUT2D eigenvalue weighted by molar-refractivity contribution is 5.66. The van der Waals surface area contributed by atoms with Crippen molar-refractivity contribution in [2.45, 2.75) is 12.5 Å². The lowest BCUT2D eigenvalue weighted by Crippen LogP contribution is -2.24. The van der Waals surface area contributed by atoms with Gasteiger partial charge in [-0.1, -0.05) is 0 Å². The van der Waals surface area contributed by atoms with Gasteiger partial charge in [-0.25, -0.2) is 4.79 Å². The van der Waals surface area contributed by atoms with Crippen LogP contribution in [-0.2, 0) is 0 Å². The average molecular weight is 133 g/mol. The molecule has 0 saturated carbocycles. The highest BCUT2D eigenvalue weighted by atomic mass is 19.1. The van der Waals surface area contributed by atoms with Gasteiger partial charge >= 0.3 is 6.16 Å². The summed E-state index contributed by atoms with van der Waals surface area (Å²) in [6.07, 6.45) is -1.47. The molecule has 1 saturated heterocycles. The number of aliphatic hydroxyl groups is 1. The van der Waals surface area contributed by atoms with Crippen LogP contribution in [0.15, 0.2) is 0 Å². The van der Waals surface area contributed by atoms with Crippen LogP contribution in [0.4, 0.5) is 9.18 Å². The Balaban J connectivity index is 2.39. The van der Waals surface area contributed by atoms with E-state index in [-0.39, 0.29) is 6.54 Å². The van der Waals surface area contributed by atoms with E-state index < -0.39 is 12.3 Å². The van der Waals surface area contributed by atoms with E-state index in [1.165, 1.54) is 0 Å². The summed E-state index contributed by atoms with van der Waals surface area (Å²) in [7, 11) is 0. The van der Waals surface area contributed by atoms with Gasteiger partial charge in [0.05, 0.1) is 6.10 Å². The number of nitrogens with zero attached hydrogens (tertiary/aromatic N) is 1. The number of rotatable bonds is 0. The maximum atomic E-state index is 11.8. The zero-order valence-corrected chi connectivity index (χ0v) is 4.88. The van der Waals surface area contributed by atoms with Crippen LogP contribution < -0.4 is 0 Å². The van der Waals surface area contributed by atoms with Crippen molar-refractivity contribution in [3.63, 3.8) is 0 Å². The Bertz CT molecular complexity index is 128. The molecular formula is C5H8FNO2. The minimum Gasteiger partial charge on any atom is -0.391 e. The van der Waals surface area contributed by atoms with Crippen LogP contribution in [0.3, 0.4) is 0 Å². The Morgan fingerprint density at radius 3 is 2.67 bits per heavy atom. The number of hydrogen-bond donors (Lipinski definition) is 1. The van der Waals surface area contributed by atoms with E-state index in [0.717, 1.165) is 4.90 Å². The smallest absolute Gasteiger partial charge is 0.391 e. The lowest BCUT2D eigenvalue weighted by Gasteiger charge is -2.07. The van der Waals surface area contributed by atoms with Crippen molar-refractivity contribution in [1.29, 1.82) is 0 Å². The fourth-order valence-corrected chi connectivity index (χ4v) is 0.902. The molecule has 0 radical (unpaired) electrons. The summed E-state index contributed by atoms with van der Waals surface area (Å²) in [5.74, 6) is 0. The van der Waals surface area contributed by atoms with E-state index in [1.54, 1.807) is 0 Å². The molecule has 1 fully saturated rings. The van der Waals surface area contributed by atoms with Crippen molar-refractivity contribution >= 4 is 6.16 Å². The van der Waals surface area contributed by atoms with Crippen LogP contribution in [0.1, 0.15) is 6.42 Å². The molecule has 1 amide bonds. The van der Waals surface area contributed by atoms with Gasteiger partial charge in [0.2, 0.25) is 0 Å². The summed E-state index contributed by atoms with van der Waals surface area (Å²) in [6, 6.07) is 0. The monoisotopic (exact) mass is 133 g/mol. The van der Waals surface area contributed by atoms with E-state index in [9.17, 15) is 9.18 Å². The van der Waals surface area contributed by atoms with E-state index in [0.29, 0.717) is 13.0 Å². The third kappa shape index (κ3) is 1.38. The van der Waals surface area contributed by atoms with Gasteiger partial charge in [-0.05, 0) is 6.42 Å². The number of likely N-dealkylation sites (tertiary alicyclic amines) is 1. The largest absolute Gasteiger partial charge is 0.400 e. The fraction of sp³-hybridized carbons (Fsp3) is 0.800. The Kier molecular flexibility index (Phi) is 1.66. The number of carbonyl (C=O) groups is 1. The van der Waals surface area contributed by atoms with Gasteiger partial charge in [0, 0.05) is 13.1 Å².